The molecule has 2 aromatic rings. The van der Waals surface area contributed by atoms with E-state index in [9.17, 15) is 9.59 Å². The Kier molecular flexibility index (Phi) is 8.27. The van der Waals surface area contributed by atoms with Gasteiger partial charge in [0, 0.05) is 0 Å². The Morgan fingerprint density at radius 3 is 2.48 bits per heavy atom. The molecule has 0 saturated carbocycles. The quantitative estimate of drug-likeness (QED) is 0.487. The van der Waals surface area contributed by atoms with E-state index < -0.39 is 5.97 Å². The van der Waals surface area contributed by atoms with E-state index in [-0.39, 0.29) is 24.1 Å². The van der Waals surface area contributed by atoms with E-state index in [4.69, 9.17) is 14.2 Å². The summed E-state index contributed by atoms with van der Waals surface area (Å²) in [6, 6.07) is 12.5. The Bertz CT molecular complexity index is 845. The Hall–Kier alpha value is -3.28. The number of benzene rings is 2. The first-order valence-electron chi connectivity index (χ1n) is 9.45. The van der Waals surface area contributed by atoms with Gasteiger partial charge in [-0.05, 0) is 42.7 Å². The third-order valence-corrected chi connectivity index (χ3v) is 4.36. The van der Waals surface area contributed by atoms with Crippen molar-refractivity contribution in [3.05, 3.63) is 71.8 Å². The number of nitrogens with one attached hydrogen (secondary N) is 1. The Balaban J connectivity index is 1.90. The van der Waals surface area contributed by atoms with Crippen molar-refractivity contribution in [1.29, 1.82) is 0 Å². The van der Waals surface area contributed by atoms with Crippen LogP contribution in [0.5, 0.6) is 11.5 Å². The molecule has 1 atom stereocenters. The summed E-state index contributed by atoms with van der Waals surface area (Å²) in [5.41, 5.74) is 2.49. The molecule has 0 aliphatic heterocycles. The van der Waals surface area contributed by atoms with Crippen LogP contribution in [0.15, 0.2) is 55.1 Å². The number of hydrogen-bond donors (Lipinski definition) is 1. The maximum absolute atomic E-state index is 12.3. The van der Waals surface area contributed by atoms with Gasteiger partial charge in [-0.25, -0.2) is 4.79 Å². The zero-order valence-corrected chi connectivity index (χ0v) is 17.1. The highest BCUT2D eigenvalue weighted by Gasteiger charge is 2.15. The molecule has 154 valence electrons. The molecule has 0 radical (unpaired) electrons. The number of amides is 1. The molecule has 2 aromatic carbocycles. The maximum Gasteiger partial charge on any atom is 0.338 e. The van der Waals surface area contributed by atoms with Crippen LogP contribution in [0.3, 0.4) is 0 Å². The molecule has 0 heterocycles. The fourth-order valence-electron chi connectivity index (χ4n) is 2.69. The summed E-state index contributed by atoms with van der Waals surface area (Å²) in [6.07, 6.45) is 2.57. The lowest BCUT2D eigenvalue weighted by molar-refractivity contribution is -0.124. The SMILES string of the molecule is C=CCOc1ccc(C(=O)OCC(=O)NC(C)c2ccc(CC)cc2)cc1OC. The van der Waals surface area contributed by atoms with Crippen LogP contribution in [-0.4, -0.2) is 32.2 Å². The highest BCUT2D eigenvalue weighted by atomic mass is 16.5. The van der Waals surface area contributed by atoms with E-state index in [1.54, 1.807) is 18.2 Å². The number of esters is 1. The molecule has 6 heteroatoms. The molecular formula is C23H27NO5. The van der Waals surface area contributed by atoms with Crippen molar-refractivity contribution < 1.29 is 23.8 Å². The van der Waals surface area contributed by atoms with Gasteiger partial charge in [0.15, 0.2) is 18.1 Å². The van der Waals surface area contributed by atoms with Crippen LogP contribution in [0.2, 0.25) is 0 Å². The number of hydrogen-bond acceptors (Lipinski definition) is 5. The summed E-state index contributed by atoms with van der Waals surface area (Å²) in [5, 5.41) is 2.83. The molecule has 0 saturated heterocycles. The standard InChI is InChI=1S/C23H27NO5/c1-5-13-28-20-12-11-19(14-21(20)27-4)23(26)29-15-22(25)24-16(3)18-9-7-17(6-2)8-10-18/h5,7-12,14,16H,1,6,13,15H2,2-4H3,(H,24,25). The molecule has 1 amide bonds. The molecule has 1 N–H and O–H groups in total. The van der Waals surface area contributed by atoms with E-state index >= 15 is 0 Å². The van der Waals surface area contributed by atoms with Gasteiger partial charge in [0.2, 0.25) is 0 Å². The molecule has 6 nitrogen and oxygen atoms in total. The number of methoxy groups -OCH3 is 1. The van der Waals surface area contributed by atoms with Crippen LogP contribution >= 0.6 is 0 Å². The van der Waals surface area contributed by atoms with Gasteiger partial charge in [0.1, 0.15) is 6.61 Å². The van der Waals surface area contributed by atoms with Crippen LogP contribution in [0.25, 0.3) is 0 Å². The molecule has 2 rings (SSSR count). The third-order valence-electron chi connectivity index (χ3n) is 4.36. The van der Waals surface area contributed by atoms with Crippen molar-refractivity contribution in [3.8, 4) is 11.5 Å². The van der Waals surface area contributed by atoms with Crippen molar-refractivity contribution in [2.24, 2.45) is 0 Å². The molecule has 0 aliphatic rings. The topological polar surface area (TPSA) is 73.9 Å². The van der Waals surface area contributed by atoms with Gasteiger partial charge in [-0.1, -0.05) is 43.8 Å². The third kappa shape index (κ3) is 6.38. The summed E-state index contributed by atoms with van der Waals surface area (Å²) in [5.74, 6) is -0.100. The van der Waals surface area contributed by atoms with Crippen molar-refractivity contribution in [1.82, 2.24) is 5.32 Å². The normalized spacial score (nSPS) is 11.3. The first-order chi connectivity index (χ1) is 14.0. The summed E-state index contributed by atoms with van der Waals surface area (Å²) < 4.78 is 15.8. The average molecular weight is 397 g/mol. The van der Waals surface area contributed by atoms with E-state index in [0.717, 1.165) is 12.0 Å². The Labute approximate surface area is 171 Å². The van der Waals surface area contributed by atoms with Gasteiger partial charge >= 0.3 is 5.97 Å². The molecule has 0 bridgehead atoms. The molecule has 0 aromatic heterocycles. The molecule has 0 aliphatic carbocycles. The largest absolute Gasteiger partial charge is 0.493 e. The lowest BCUT2D eigenvalue weighted by atomic mass is 10.1. The highest BCUT2D eigenvalue weighted by molar-refractivity contribution is 5.92. The second-order valence-electron chi connectivity index (χ2n) is 6.43. The van der Waals surface area contributed by atoms with Crippen molar-refractivity contribution in [2.45, 2.75) is 26.3 Å². The smallest absolute Gasteiger partial charge is 0.338 e. The van der Waals surface area contributed by atoms with Gasteiger partial charge in [0.25, 0.3) is 5.91 Å². The van der Waals surface area contributed by atoms with Gasteiger partial charge in [0.05, 0.1) is 18.7 Å². The van der Waals surface area contributed by atoms with Gasteiger partial charge in [-0.3, -0.25) is 4.79 Å². The number of rotatable bonds is 10. The fourth-order valence-corrected chi connectivity index (χ4v) is 2.69. The van der Waals surface area contributed by atoms with Crippen LogP contribution in [0, 0.1) is 0 Å². The minimum absolute atomic E-state index is 0.187. The number of carbonyl (C=O) groups excluding carboxylic acids is 2. The Morgan fingerprint density at radius 2 is 1.86 bits per heavy atom. The van der Waals surface area contributed by atoms with Gasteiger partial charge < -0.3 is 19.5 Å². The predicted molar refractivity (Wildman–Crippen MR) is 111 cm³/mol. The van der Waals surface area contributed by atoms with Gasteiger partial charge in [-0.2, -0.15) is 0 Å². The minimum Gasteiger partial charge on any atom is -0.493 e. The summed E-state index contributed by atoms with van der Waals surface area (Å²) in [6.45, 7) is 7.51. The zero-order valence-electron chi connectivity index (χ0n) is 17.1. The molecule has 0 spiro atoms. The summed E-state index contributed by atoms with van der Waals surface area (Å²) in [4.78, 5) is 24.4. The second-order valence-corrected chi connectivity index (χ2v) is 6.43. The highest BCUT2D eigenvalue weighted by Crippen LogP contribution is 2.28. The van der Waals surface area contributed by atoms with Crippen LogP contribution < -0.4 is 14.8 Å². The van der Waals surface area contributed by atoms with Gasteiger partial charge in [-0.15, -0.1) is 0 Å². The molecule has 29 heavy (non-hydrogen) atoms. The fraction of sp³-hybridized carbons (Fsp3) is 0.304. The number of ether oxygens (including phenoxy) is 3. The van der Waals surface area contributed by atoms with Crippen LogP contribution in [0.1, 0.15) is 41.4 Å². The van der Waals surface area contributed by atoms with Crippen LogP contribution in [-0.2, 0) is 16.0 Å². The average Bonchev–Trinajstić information content (AvgIpc) is 2.75. The summed E-state index contributed by atoms with van der Waals surface area (Å²) >= 11 is 0. The Morgan fingerprint density at radius 1 is 1.14 bits per heavy atom. The number of aryl methyl sites for hydroxylation is 1. The van der Waals surface area contributed by atoms with Crippen molar-refractivity contribution in [2.75, 3.05) is 20.3 Å². The van der Waals surface area contributed by atoms with E-state index in [0.29, 0.717) is 18.1 Å². The lowest BCUT2D eigenvalue weighted by Crippen LogP contribution is -2.31. The van der Waals surface area contributed by atoms with Crippen LogP contribution in [0.4, 0.5) is 0 Å². The van der Waals surface area contributed by atoms with Crippen molar-refractivity contribution in [3.63, 3.8) is 0 Å². The molecule has 0 fully saturated rings. The summed E-state index contributed by atoms with van der Waals surface area (Å²) in [7, 11) is 1.48. The molecule has 1 unspecified atom stereocenters. The monoisotopic (exact) mass is 397 g/mol. The number of carbonyl (C=O) groups is 2. The predicted octanol–water partition coefficient (Wildman–Crippen LogP) is 3.86. The van der Waals surface area contributed by atoms with Crippen molar-refractivity contribution >= 4 is 11.9 Å². The van der Waals surface area contributed by atoms with E-state index in [2.05, 4.69) is 18.8 Å². The first-order valence-corrected chi connectivity index (χ1v) is 9.45. The van der Waals surface area contributed by atoms with E-state index in [1.807, 2.05) is 31.2 Å². The minimum atomic E-state index is -0.617. The zero-order chi connectivity index (χ0) is 21.2. The first kappa shape index (κ1) is 22.0. The second kappa shape index (κ2) is 10.9. The lowest BCUT2D eigenvalue weighted by Gasteiger charge is -2.15. The molecular weight excluding hydrogens is 370 g/mol. The van der Waals surface area contributed by atoms with E-state index in [1.165, 1.54) is 18.7 Å². The maximum atomic E-state index is 12.3.